The van der Waals surface area contributed by atoms with Crippen LogP contribution in [0.2, 0.25) is 0 Å². The fourth-order valence-corrected chi connectivity index (χ4v) is 2.55. The average Bonchev–Trinajstić information content (AvgIpc) is 3.05. The van der Waals surface area contributed by atoms with Crippen molar-refractivity contribution in [2.24, 2.45) is 0 Å². The van der Waals surface area contributed by atoms with Crippen molar-refractivity contribution in [1.82, 2.24) is 25.4 Å². The molecule has 0 bridgehead atoms. The van der Waals surface area contributed by atoms with Crippen LogP contribution in [-0.4, -0.2) is 33.8 Å². The van der Waals surface area contributed by atoms with Gasteiger partial charge in [-0.3, -0.25) is 14.3 Å². The van der Waals surface area contributed by atoms with E-state index in [9.17, 15) is 9.59 Å². The smallest absolute Gasteiger partial charge is 0.272 e. The van der Waals surface area contributed by atoms with Crippen LogP contribution in [0.4, 0.5) is 0 Å². The predicted molar refractivity (Wildman–Crippen MR) is 81.6 cm³/mol. The lowest BCUT2D eigenvalue weighted by Crippen LogP contribution is -2.32. The number of hydrogen-bond donors (Lipinski definition) is 3. The zero-order valence-corrected chi connectivity index (χ0v) is 12.2. The number of pyridine rings is 1. The number of nitrogens with one attached hydrogen (secondary N) is 3. The monoisotopic (exact) mass is 301 g/mol. The Morgan fingerprint density at radius 1 is 1.41 bits per heavy atom. The van der Waals surface area contributed by atoms with Crippen molar-refractivity contribution in [2.45, 2.75) is 25.4 Å². The van der Waals surface area contributed by atoms with E-state index >= 15 is 0 Å². The van der Waals surface area contributed by atoms with E-state index in [1.54, 1.807) is 18.3 Å². The third kappa shape index (κ3) is 3.43. The normalized spacial score (nSPS) is 18.1. The minimum atomic E-state index is -0.214. The topological polar surface area (TPSA) is 91.8 Å². The second kappa shape index (κ2) is 6.57. The van der Waals surface area contributed by atoms with Crippen molar-refractivity contribution in [2.75, 3.05) is 13.1 Å². The Morgan fingerprint density at radius 3 is 3.05 bits per heavy atom. The first-order chi connectivity index (χ1) is 10.7. The highest BCUT2D eigenvalue weighted by atomic mass is 16.2. The van der Waals surface area contributed by atoms with E-state index in [2.05, 4.69) is 20.7 Å². The molecule has 0 saturated carbocycles. The Hall–Kier alpha value is -2.41. The summed E-state index contributed by atoms with van der Waals surface area (Å²) < 4.78 is 1.86. The van der Waals surface area contributed by atoms with Gasteiger partial charge in [-0.15, -0.1) is 0 Å². The molecule has 1 fully saturated rings. The molecule has 0 radical (unpaired) electrons. The van der Waals surface area contributed by atoms with Crippen molar-refractivity contribution in [1.29, 1.82) is 0 Å². The van der Waals surface area contributed by atoms with Gasteiger partial charge in [0.15, 0.2) is 0 Å². The van der Waals surface area contributed by atoms with E-state index < -0.39 is 0 Å². The highest BCUT2D eigenvalue weighted by molar-refractivity contribution is 5.92. The number of carbonyl (C=O) groups is 1. The van der Waals surface area contributed by atoms with Crippen LogP contribution in [0.15, 0.2) is 35.4 Å². The SMILES string of the molecule is O=C(NCc1ccc(=O)[nH]c1)c1ccn(C2CCCNC2)n1. The number of hydrogen-bond acceptors (Lipinski definition) is 4. The minimum Gasteiger partial charge on any atom is -0.347 e. The summed E-state index contributed by atoms with van der Waals surface area (Å²) in [5.41, 5.74) is 1.09. The van der Waals surface area contributed by atoms with Crippen molar-refractivity contribution >= 4 is 5.91 Å². The van der Waals surface area contributed by atoms with Gasteiger partial charge in [-0.05, 0) is 31.0 Å². The van der Waals surface area contributed by atoms with Gasteiger partial charge in [-0.1, -0.05) is 6.07 Å². The van der Waals surface area contributed by atoms with E-state index in [0.29, 0.717) is 18.3 Å². The van der Waals surface area contributed by atoms with Gasteiger partial charge in [0, 0.05) is 31.5 Å². The largest absolute Gasteiger partial charge is 0.347 e. The third-order valence-corrected chi connectivity index (χ3v) is 3.79. The van der Waals surface area contributed by atoms with E-state index in [1.165, 1.54) is 6.07 Å². The maximum Gasteiger partial charge on any atom is 0.272 e. The maximum absolute atomic E-state index is 12.1. The molecule has 3 N–H and O–H groups in total. The Balaban J connectivity index is 1.59. The molecule has 7 heteroatoms. The molecule has 116 valence electrons. The molecule has 22 heavy (non-hydrogen) atoms. The predicted octanol–water partition coefficient (Wildman–Crippen LogP) is 0.426. The molecule has 1 aliphatic heterocycles. The van der Waals surface area contributed by atoms with Gasteiger partial charge in [0.1, 0.15) is 5.69 Å². The number of rotatable bonds is 4. The summed E-state index contributed by atoms with van der Waals surface area (Å²) in [5.74, 6) is -0.214. The molecule has 1 aliphatic rings. The molecular formula is C15H19N5O2. The molecular weight excluding hydrogens is 282 g/mol. The first-order valence-electron chi connectivity index (χ1n) is 7.44. The second-order valence-electron chi connectivity index (χ2n) is 5.43. The number of amides is 1. The molecule has 7 nitrogen and oxygen atoms in total. The van der Waals surface area contributed by atoms with Gasteiger partial charge < -0.3 is 15.6 Å². The van der Waals surface area contributed by atoms with Gasteiger partial charge in [0.25, 0.3) is 5.91 Å². The van der Waals surface area contributed by atoms with E-state index in [4.69, 9.17) is 0 Å². The van der Waals surface area contributed by atoms with Crippen LogP contribution in [0.5, 0.6) is 0 Å². The van der Waals surface area contributed by atoms with Gasteiger partial charge in [0.2, 0.25) is 5.56 Å². The first-order valence-corrected chi connectivity index (χ1v) is 7.44. The standard InChI is InChI=1S/C15H19N5O2/c21-14-4-3-11(8-17-14)9-18-15(22)13-5-7-20(19-13)12-2-1-6-16-10-12/h3-5,7-8,12,16H,1-2,6,9-10H2,(H,17,21)(H,18,22). The van der Waals surface area contributed by atoms with E-state index in [0.717, 1.165) is 31.5 Å². The Morgan fingerprint density at radius 2 is 2.32 bits per heavy atom. The van der Waals surface area contributed by atoms with Crippen molar-refractivity contribution in [3.05, 3.63) is 52.2 Å². The van der Waals surface area contributed by atoms with Crippen LogP contribution in [0.3, 0.4) is 0 Å². The lowest BCUT2D eigenvalue weighted by Gasteiger charge is -2.22. The number of H-pyrrole nitrogens is 1. The summed E-state index contributed by atoms with van der Waals surface area (Å²) in [6, 6.07) is 5.17. The average molecular weight is 301 g/mol. The molecule has 1 atom stereocenters. The molecule has 1 saturated heterocycles. The van der Waals surface area contributed by atoms with Crippen molar-refractivity contribution in [3.8, 4) is 0 Å². The summed E-state index contributed by atoms with van der Waals surface area (Å²) in [7, 11) is 0. The van der Waals surface area contributed by atoms with Gasteiger partial charge in [-0.2, -0.15) is 5.10 Å². The van der Waals surface area contributed by atoms with Crippen LogP contribution < -0.4 is 16.2 Å². The molecule has 3 rings (SSSR count). The summed E-state index contributed by atoms with van der Waals surface area (Å²) in [6.07, 6.45) is 5.65. The number of piperidine rings is 1. The summed E-state index contributed by atoms with van der Waals surface area (Å²) in [6.45, 7) is 2.29. The highest BCUT2D eigenvalue weighted by Gasteiger charge is 2.17. The van der Waals surface area contributed by atoms with Crippen LogP contribution in [0.1, 0.15) is 34.9 Å². The van der Waals surface area contributed by atoms with Crippen LogP contribution in [0.25, 0.3) is 0 Å². The minimum absolute atomic E-state index is 0.157. The zero-order valence-electron chi connectivity index (χ0n) is 12.2. The van der Waals surface area contributed by atoms with Crippen LogP contribution in [-0.2, 0) is 6.54 Å². The number of aromatic amines is 1. The maximum atomic E-state index is 12.1. The fraction of sp³-hybridized carbons (Fsp3) is 0.400. The van der Waals surface area contributed by atoms with Crippen LogP contribution in [0, 0.1) is 0 Å². The summed E-state index contributed by atoms with van der Waals surface area (Å²) in [5, 5.41) is 10.5. The first kappa shape index (κ1) is 14.5. The summed E-state index contributed by atoms with van der Waals surface area (Å²) >= 11 is 0. The summed E-state index contributed by atoms with van der Waals surface area (Å²) in [4.78, 5) is 25.7. The second-order valence-corrected chi connectivity index (χ2v) is 5.43. The Labute approximate surface area is 127 Å². The number of aromatic nitrogens is 3. The molecule has 2 aromatic heterocycles. The van der Waals surface area contributed by atoms with E-state index in [1.807, 2.05) is 10.9 Å². The molecule has 0 spiro atoms. The molecule has 1 unspecified atom stereocenters. The van der Waals surface area contributed by atoms with Gasteiger partial charge >= 0.3 is 0 Å². The quantitative estimate of drug-likeness (QED) is 0.763. The van der Waals surface area contributed by atoms with Gasteiger partial charge in [0.05, 0.1) is 6.04 Å². The lowest BCUT2D eigenvalue weighted by molar-refractivity contribution is 0.0944. The van der Waals surface area contributed by atoms with Crippen molar-refractivity contribution in [3.63, 3.8) is 0 Å². The van der Waals surface area contributed by atoms with Crippen LogP contribution >= 0.6 is 0 Å². The number of nitrogens with zero attached hydrogens (tertiary/aromatic N) is 2. The Bertz CT molecular complexity index is 679. The molecule has 1 amide bonds. The molecule has 2 aromatic rings. The third-order valence-electron chi connectivity index (χ3n) is 3.79. The highest BCUT2D eigenvalue weighted by Crippen LogP contribution is 2.15. The Kier molecular flexibility index (Phi) is 4.34. The molecule has 0 aromatic carbocycles. The zero-order chi connectivity index (χ0) is 15.4. The fourth-order valence-electron chi connectivity index (χ4n) is 2.55. The molecule has 3 heterocycles. The van der Waals surface area contributed by atoms with Gasteiger partial charge in [-0.25, -0.2) is 0 Å². The number of carbonyl (C=O) groups excluding carboxylic acids is 1. The van der Waals surface area contributed by atoms with E-state index in [-0.39, 0.29) is 11.5 Å². The molecule has 0 aliphatic carbocycles. The van der Waals surface area contributed by atoms with Crippen molar-refractivity contribution < 1.29 is 4.79 Å². The lowest BCUT2D eigenvalue weighted by atomic mass is 10.1.